The van der Waals surface area contributed by atoms with Crippen LogP contribution in [0.5, 0.6) is 0 Å². The minimum atomic E-state index is -3.52. The van der Waals surface area contributed by atoms with E-state index in [2.05, 4.69) is 6.58 Å². The number of carboxylic acid groups (broad SMARTS) is 1. The smallest absolute Gasteiger partial charge is 0.303 e. The maximum absolute atomic E-state index is 12.9. The Kier molecular flexibility index (Phi) is 5.96. The summed E-state index contributed by atoms with van der Waals surface area (Å²) in [6, 6.07) is 7.07. The molecule has 2 rings (SSSR count). The number of hydrogen-bond donors (Lipinski definition) is 1. The van der Waals surface area contributed by atoms with Crippen molar-refractivity contribution in [2.24, 2.45) is 5.92 Å². The Morgan fingerprint density at radius 2 is 1.96 bits per heavy atom. The lowest BCUT2D eigenvalue weighted by molar-refractivity contribution is -0.138. The van der Waals surface area contributed by atoms with E-state index in [-0.39, 0.29) is 12.3 Å². The molecular weight excluding hydrogens is 314 g/mol. The summed E-state index contributed by atoms with van der Waals surface area (Å²) >= 11 is 0. The fraction of sp³-hybridized carbons (Fsp3) is 0.471. The van der Waals surface area contributed by atoms with Crippen LogP contribution < -0.4 is 0 Å². The highest BCUT2D eigenvalue weighted by molar-refractivity contribution is 7.89. The van der Waals surface area contributed by atoms with Crippen LogP contribution in [0.1, 0.15) is 31.2 Å². The molecule has 0 aliphatic carbocycles. The van der Waals surface area contributed by atoms with Gasteiger partial charge in [-0.05, 0) is 43.2 Å². The normalized spacial score (nSPS) is 17.0. The number of nitrogens with zero attached hydrogens (tertiary/aromatic N) is 1. The Morgan fingerprint density at radius 3 is 2.57 bits per heavy atom. The van der Waals surface area contributed by atoms with Crippen LogP contribution in [0.4, 0.5) is 0 Å². The molecule has 0 bridgehead atoms. The van der Waals surface area contributed by atoms with Crippen molar-refractivity contribution in [2.45, 2.75) is 37.0 Å². The lowest BCUT2D eigenvalue weighted by atomic mass is 9.95. The Bertz CT molecular complexity index is 661. The third kappa shape index (κ3) is 4.42. The minimum Gasteiger partial charge on any atom is -0.481 e. The number of aliphatic carboxylic acids is 1. The summed E-state index contributed by atoms with van der Waals surface area (Å²) in [6.45, 7) is 4.45. The van der Waals surface area contributed by atoms with E-state index in [1.807, 2.05) is 12.1 Å². The Hall–Kier alpha value is -1.66. The first kappa shape index (κ1) is 17.7. The summed E-state index contributed by atoms with van der Waals surface area (Å²) in [5, 5.41) is 8.85. The molecule has 126 valence electrons. The van der Waals surface area contributed by atoms with Crippen molar-refractivity contribution >= 4 is 16.0 Å². The number of hydrogen-bond acceptors (Lipinski definition) is 3. The highest BCUT2D eigenvalue weighted by atomic mass is 32.2. The maximum atomic E-state index is 12.9. The zero-order chi connectivity index (χ0) is 16.9. The Labute approximate surface area is 137 Å². The van der Waals surface area contributed by atoms with E-state index < -0.39 is 16.0 Å². The van der Waals surface area contributed by atoms with Gasteiger partial charge in [0.15, 0.2) is 0 Å². The molecule has 0 saturated carbocycles. The molecule has 1 N–H and O–H groups in total. The molecule has 5 nitrogen and oxygen atoms in total. The molecule has 1 fully saturated rings. The molecule has 1 saturated heterocycles. The van der Waals surface area contributed by atoms with Crippen molar-refractivity contribution < 1.29 is 18.3 Å². The second-order valence-corrected chi connectivity index (χ2v) is 7.79. The van der Waals surface area contributed by atoms with Crippen molar-refractivity contribution in [3.63, 3.8) is 0 Å². The second-order valence-electron chi connectivity index (χ2n) is 5.88. The number of carbonyl (C=O) groups is 1. The predicted molar refractivity (Wildman–Crippen MR) is 88.7 cm³/mol. The third-order valence-corrected chi connectivity index (χ3v) is 6.24. The minimum absolute atomic E-state index is 0.0648. The fourth-order valence-electron chi connectivity index (χ4n) is 2.96. The van der Waals surface area contributed by atoms with Crippen molar-refractivity contribution in [1.29, 1.82) is 0 Å². The Morgan fingerprint density at radius 1 is 1.30 bits per heavy atom. The molecule has 1 aromatic carbocycles. The van der Waals surface area contributed by atoms with Crippen molar-refractivity contribution in [3.05, 3.63) is 42.5 Å². The van der Waals surface area contributed by atoms with Crippen molar-refractivity contribution in [3.8, 4) is 0 Å². The quantitative estimate of drug-likeness (QED) is 0.776. The lowest BCUT2D eigenvalue weighted by Gasteiger charge is -2.31. The molecule has 0 amide bonds. The zero-order valence-corrected chi connectivity index (χ0v) is 14.0. The van der Waals surface area contributed by atoms with E-state index in [0.717, 1.165) is 12.0 Å². The van der Waals surface area contributed by atoms with Gasteiger partial charge in [-0.1, -0.05) is 24.3 Å². The molecule has 1 aliphatic heterocycles. The van der Waals surface area contributed by atoms with Gasteiger partial charge in [0.05, 0.1) is 4.90 Å². The molecule has 1 heterocycles. The summed E-state index contributed by atoms with van der Waals surface area (Å²) in [7, 11) is -3.52. The van der Waals surface area contributed by atoms with Crippen LogP contribution in [0, 0.1) is 5.92 Å². The standard InChI is InChI=1S/C17H23NO4S/c1-2-3-6-15-7-4-5-8-16(15)23(21,22)18-11-9-14(10-12-18)13-17(19)20/h2,4-5,7-8,14H,1,3,6,9-13H2,(H,19,20). The second kappa shape index (κ2) is 7.75. The molecule has 1 aromatic rings. The average Bonchev–Trinajstić information content (AvgIpc) is 2.53. The summed E-state index contributed by atoms with van der Waals surface area (Å²) in [5.41, 5.74) is 0.806. The van der Waals surface area contributed by atoms with Gasteiger partial charge in [-0.2, -0.15) is 4.31 Å². The predicted octanol–water partition coefficient (Wildman–Crippen LogP) is 2.68. The first-order chi connectivity index (χ1) is 10.9. The van der Waals surface area contributed by atoms with Gasteiger partial charge in [0, 0.05) is 19.5 Å². The van der Waals surface area contributed by atoms with Gasteiger partial charge in [-0.25, -0.2) is 8.42 Å². The van der Waals surface area contributed by atoms with Crippen LogP contribution in [0.2, 0.25) is 0 Å². The number of sulfonamides is 1. The van der Waals surface area contributed by atoms with E-state index in [1.54, 1.807) is 18.2 Å². The number of benzene rings is 1. The molecule has 0 atom stereocenters. The summed E-state index contributed by atoms with van der Waals surface area (Å²) in [5.74, 6) is -0.754. The molecule has 0 spiro atoms. The SMILES string of the molecule is C=CCCc1ccccc1S(=O)(=O)N1CCC(CC(=O)O)CC1. The zero-order valence-electron chi connectivity index (χ0n) is 13.1. The number of rotatable bonds is 7. The van der Waals surface area contributed by atoms with E-state index in [1.165, 1.54) is 4.31 Å². The molecule has 1 aliphatic rings. The number of carboxylic acids is 1. The highest BCUT2D eigenvalue weighted by Crippen LogP contribution is 2.27. The number of aryl methyl sites for hydroxylation is 1. The van der Waals surface area contributed by atoms with Crippen LogP contribution >= 0.6 is 0 Å². The van der Waals surface area contributed by atoms with Gasteiger partial charge >= 0.3 is 5.97 Å². The number of allylic oxidation sites excluding steroid dienone is 1. The van der Waals surface area contributed by atoms with Crippen LogP contribution in [-0.2, 0) is 21.2 Å². The largest absolute Gasteiger partial charge is 0.481 e. The topological polar surface area (TPSA) is 74.7 Å². The summed E-state index contributed by atoms with van der Waals surface area (Å²) in [6.07, 6.45) is 4.47. The monoisotopic (exact) mass is 337 g/mol. The summed E-state index contributed by atoms with van der Waals surface area (Å²) < 4.78 is 27.3. The van der Waals surface area contributed by atoms with Gasteiger partial charge in [-0.3, -0.25) is 4.79 Å². The maximum Gasteiger partial charge on any atom is 0.303 e. The van der Waals surface area contributed by atoms with Crippen molar-refractivity contribution in [2.75, 3.05) is 13.1 Å². The van der Waals surface area contributed by atoms with Crippen LogP contribution in [0.3, 0.4) is 0 Å². The van der Waals surface area contributed by atoms with Crippen LogP contribution in [0.25, 0.3) is 0 Å². The molecule has 0 radical (unpaired) electrons. The van der Waals surface area contributed by atoms with Crippen LogP contribution in [0.15, 0.2) is 41.8 Å². The molecule has 0 aromatic heterocycles. The highest BCUT2D eigenvalue weighted by Gasteiger charge is 2.31. The fourth-order valence-corrected chi connectivity index (χ4v) is 4.68. The third-order valence-electron chi connectivity index (χ3n) is 4.25. The summed E-state index contributed by atoms with van der Waals surface area (Å²) in [4.78, 5) is 11.1. The molecular formula is C17H23NO4S. The first-order valence-electron chi connectivity index (χ1n) is 7.86. The van der Waals surface area contributed by atoms with E-state index in [9.17, 15) is 13.2 Å². The van der Waals surface area contributed by atoms with Crippen molar-refractivity contribution in [1.82, 2.24) is 4.31 Å². The first-order valence-corrected chi connectivity index (χ1v) is 9.30. The van der Waals surface area contributed by atoms with E-state index in [4.69, 9.17) is 5.11 Å². The lowest BCUT2D eigenvalue weighted by Crippen LogP contribution is -2.39. The number of piperidine rings is 1. The Balaban J connectivity index is 2.14. The van der Waals surface area contributed by atoms with Gasteiger partial charge in [0.1, 0.15) is 0 Å². The van der Waals surface area contributed by atoms with Gasteiger partial charge in [0.2, 0.25) is 10.0 Å². The molecule has 6 heteroatoms. The van der Waals surface area contributed by atoms with Gasteiger partial charge in [-0.15, -0.1) is 6.58 Å². The van der Waals surface area contributed by atoms with Gasteiger partial charge < -0.3 is 5.11 Å². The van der Waals surface area contributed by atoms with E-state index >= 15 is 0 Å². The van der Waals surface area contributed by atoms with Gasteiger partial charge in [0.25, 0.3) is 0 Å². The van der Waals surface area contributed by atoms with E-state index in [0.29, 0.717) is 37.2 Å². The van der Waals surface area contributed by atoms with Crippen LogP contribution in [-0.4, -0.2) is 36.9 Å². The molecule has 23 heavy (non-hydrogen) atoms. The molecule has 0 unspecified atom stereocenters. The average molecular weight is 337 g/mol.